The average Bonchev–Trinajstić information content (AvgIpc) is 3.91. The van der Waals surface area contributed by atoms with Gasteiger partial charge in [0.05, 0.1) is 40.1 Å². The summed E-state index contributed by atoms with van der Waals surface area (Å²) >= 11 is 9.45. The van der Waals surface area contributed by atoms with Gasteiger partial charge in [-0.05, 0) is 91.4 Å². The number of hydrogen-bond acceptors (Lipinski definition) is 12. The Kier molecular flexibility index (Phi) is 14.1. The molecule has 0 bridgehead atoms. The topological polar surface area (TPSA) is 154 Å². The van der Waals surface area contributed by atoms with Crippen LogP contribution in [0.4, 0.5) is 4.70 Å². The van der Waals surface area contributed by atoms with Crippen LogP contribution in [0.2, 0.25) is 5.02 Å². The van der Waals surface area contributed by atoms with Crippen molar-refractivity contribution in [2.75, 3.05) is 33.9 Å². The van der Waals surface area contributed by atoms with E-state index in [-0.39, 0.29) is 34.2 Å². The van der Waals surface area contributed by atoms with Crippen LogP contribution in [0.15, 0.2) is 76.2 Å². The lowest BCUT2D eigenvalue weighted by Crippen LogP contribution is -2.42. The molecule has 54 heavy (non-hydrogen) atoms. The summed E-state index contributed by atoms with van der Waals surface area (Å²) < 4.78 is 17.6. The lowest BCUT2D eigenvalue weighted by molar-refractivity contribution is -0.169. The van der Waals surface area contributed by atoms with E-state index in [1.54, 1.807) is 37.4 Å². The molecule has 0 saturated heterocycles. The van der Waals surface area contributed by atoms with Gasteiger partial charge >= 0.3 is 5.97 Å². The summed E-state index contributed by atoms with van der Waals surface area (Å²) in [5.74, 6) is 0.411. The number of aromatic nitrogens is 1. The fraction of sp³-hybridized carbons (Fsp3) is 0.385. The number of rotatable bonds is 16. The number of hydrogen-bond donors (Lipinski definition) is 5. The smallest absolute Gasteiger partial charge is 0.349 e. The number of fused-ring (bicyclic) bond motifs is 1. The molecule has 1 saturated carbocycles. The number of pyridine rings is 1. The lowest BCUT2D eigenvalue weighted by atomic mass is 9.91. The highest BCUT2D eigenvalue weighted by Crippen LogP contribution is 2.38. The fourth-order valence-corrected chi connectivity index (χ4v) is 8.74. The van der Waals surface area contributed by atoms with E-state index in [0.717, 1.165) is 44.2 Å². The largest absolute Gasteiger partial charge is 0.506 e. The summed E-state index contributed by atoms with van der Waals surface area (Å²) in [5.41, 5.74) is -0.553. The maximum atomic E-state index is 13.4. The molecular formula is C39H45ClFN3O8S2. The Morgan fingerprint density at radius 2 is 1.78 bits per heavy atom. The number of carbonyl (C=O) groups is 1. The van der Waals surface area contributed by atoms with Gasteiger partial charge in [0.25, 0.3) is 0 Å². The number of phenolic OH excluding ortho intramolecular Hbond substituents is 1. The van der Waals surface area contributed by atoms with Gasteiger partial charge < -0.3 is 44.7 Å². The van der Waals surface area contributed by atoms with E-state index >= 15 is 0 Å². The Labute approximate surface area is 325 Å². The third kappa shape index (κ3) is 9.25. The monoisotopic (exact) mass is 801 g/mol. The molecule has 11 nitrogen and oxygen atoms in total. The number of phenols is 1. The Balaban J connectivity index is 0.00000561. The standard InChI is InChI=1S/C39H44ClN3O8S2.FH/c1-43(25-8-10-26(11-9-25)51-38(47)39(48,33-6-3-18-52-33)34-7-4-19-53-34)16-5-17-50-32-21-27(49-2)20-24(36(32)40)22-41-23-31(45)28-12-14-30(44)37-29(28)13-15-35(46)42-37;/h3-4,6-7,12-15,18-21,25-26,31,41,44-45,48H,5,8-11,16-17,22-23H2,1-2H3,(H,42,46);1H/t25?,26?,31-;/m0./s1. The average molecular weight is 802 g/mol. The Hall–Kier alpha value is -4.02. The van der Waals surface area contributed by atoms with Crippen LogP contribution in [-0.4, -0.2) is 77.2 Å². The molecular weight excluding hydrogens is 757 g/mol. The highest BCUT2D eigenvalue weighted by Gasteiger charge is 2.45. The minimum absolute atomic E-state index is 0. The third-order valence-electron chi connectivity index (χ3n) is 9.75. The number of aromatic hydroxyl groups is 1. The molecule has 0 aliphatic heterocycles. The number of methoxy groups -OCH3 is 1. The third-order valence-corrected chi connectivity index (χ3v) is 12.1. The highest BCUT2D eigenvalue weighted by molar-refractivity contribution is 7.12. The van der Waals surface area contributed by atoms with Gasteiger partial charge in [0, 0.05) is 43.2 Å². The van der Waals surface area contributed by atoms with Crippen LogP contribution in [-0.2, 0) is 21.7 Å². The van der Waals surface area contributed by atoms with Crippen molar-refractivity contribution in [1.82, 2.24) is 15.2 Å². The fourth-order valence-electron chi connectivity index (χ4n) is 6.79. The number of benzene rings is 2. The molecule has 1 aliphatic carbocycles. The van der Waals surface area contributed by atoms with Gasteiger partial charge in [-0.25, -0.2) is 4.79 Å². The summed E-state index contributed by atoms with van der Waals surface area (Å²) in [5, 5.41) is 40.6. The van der Waals surface area contributed by atoms with Crippen LogP contribution < -0.4 is 20.3 Å². The van der Waals surface area contributed by atoms with E-state index in [4.69, 9.17) is 25.8 Å². The molecule has 3 aromatic heterocycles. The maximum absolute atomic E-state index is 13.4. The number of aromatic amines is 1. The van der Waals surface area contributed by atoms with Crippen molar-refractivity contribution in [2.45, 2.75) is 62.5 Å². The van der Waals surface area contributed by atoms with E-state index in [0.29, 0.717) is 56.4 Å². The van der Waals surface area contributed by atoms with Crippen molar-refractivity contribution in [3.8, 4) is 17.2 Å². The number of thiophene rings is 2. The first kappa shape index (κ1) is 41.1. The maximum Gasteiger partial charge on any atom is 0.349 e. The van der Waals surface area contributed by atoms with E-state index in [1.807, 2.05) is 29.0 Å². The van der Waals surface area contributed by atoms with Crippen molar-refractivity contribution in [1.29, 1.82) is 0 Å². The molecule has 290 valence electrons. The molecule has 15 heteroatoms. The van der Waals surface area contributed by atoms with Crippen LogP contribution in [0.3, 0.4) is 0 Å². The molecule has 1 atom stereocenters. The van der Waals surface area contributed by atoms with Gasteiger partial charge in [-0.15, -0.1) is 22.7 Å². The number of ether oxygens (including phenoxy) is 3. The highest BCUT2D eigenvalue weighted by atomic mass is 35.5. The summed E-state index contributed by atoms with van der Waals surface area (Å²) in [6.07, 6.45) is 2.80. The second-order valence-electron chi connectivity index (χ2n) is 13.2. The zero-order valence-corrected chi connectivity index (χ0v) is 32.3. The van der Waals surface area contributed by atoms with Crippen LogP contribution in [0, 0.1) is 0 Å². The second kappa shape index (κ2) is 18.5. The molecule has 1 aliphatic rings. The van der Waals surface area contributed by atoms with E-state index < -0.39 is 17.7 Å². The summed E-state index contributed by atoms with van der Waals surface area (Å²) in [7, 11) is 3.67. The number of esters is 1. The summed E-state index contributed by atoms with van der Waals surface area (Å²) in [4.78, 5) is 31.2. The van der Waals surface area contributed by atoms with Crippen molar-refractivity contribution in [3.63, 3.8) is 0 Å². The first-order chi connectivity index (χ1) is 25.6. The van der Waals surface area contributed by atoms with Crippen LogP contribution in [0.5, 0.6) is 17.2 Å². The Bertz CT molecular complexity index is 2000. The van der Waals surface area contributed by atoms with Crippen molar-refractivity contribution < 1.29 is 39.0 Å². The molecule has 0 amide bonds. The molecule has 2 aromatic carbocycles. The predicted octanol–water partition coefficient (Wildman–Crippen LogP) is 6.49. The van der Waals surface area contributed by atoms with Gasteiger partial charge in [0.1, 0.15) is 23.4 Å². The van der Waals surface area contributed by atoms with Gasteiger partial charge in [-0.2, -0.15) is 0 Å². The van der Waals surface area contributed by atoms with Crippen LogP contribution in [0.1, 0.15) is 59.1 Å². The number of halogens is 2. The van der Waals surface area contributed by atoms with Gasteiger partial charge in [-0.3, -0.25) is 9.50 Å². The molecule has 5 N–H and O–H groups in total. The molecule has 1 fully saturated rings. The van der Waals surface area contributed by atoms with Crippen LogP contribution in [0.25, 0.3) is 10.9 Å². The van der Waals surface area contributed by atoms with Gasteiger partial charge in [-0.1, -0.05) is 29.8 Å². The van der Waals surface area contributed by atoms with E-state index in [1.165, 1.54) is 34.8 Å². The van der Waals surface area contributed by atoms with E-state index in [9.17, 15) is 24.9 Å². The second-order valence-corrected chi connectivity index (χ2v) is 15.5. The normalized spacial score (nSPS) is 16.6. The quantitative estimate of drug-likeness (QED) is 0.0554. The Morgan fingerprint density at radius 3 is 2.43 bits per heavy atom. The zero-order valence-electron chi connectivity index (χ0n) is 30.0. The zero-order chi connectivity index (χ0) is 37.5. The van der Waals surface area contributed by atoms with Crippen molar-refractivity contribution >= 4 is 51.1 Å². The summed E-state index contributed by atoms with van der Waals surface area (Å²) in [6, 6.07) is 17.1. The minimum atomic E-state index is -1.80. The first-order valence-electron chi connectivity index (χ1n) is 17.5. The van der Waals surface area contributed by atoms with Crippen molar-refractivity contribution in [3.05, 3.63) is 108 Å². The predicted molar refractivity (Wildman–Crippen MR) is 210 cm³/mol. The molecule has 3 heterocycles. The van der Waals surface area contributed by atoms with Crippen LogP contribution >= 0.6 is 34.3 Å². The molecule has 0 spiro atoms. The van der Waals surface area contributed by atoms with Crippen molar-refractivity contribution in [2.24, 2.45) is 0 Å². The number of nitrogens with one attached hydrogen (secondary N) is 2. The minimum Gasteiger partial charge on any atom is -0.506 e. The lowest BCUT2D eigenvalue weighted by Gasteiger charge is -2.35. The molecule has 0 unspecified atom stereocenters. The van der Waals surface area contributed by atoms with E-state index in [2.05, 4.69) is 22.2 Å². The number of aliphatic hydroxyl groups excluding tert-OH is 1. The first-order valence-corrected chi connectivity index (χ1v) is 19.7. The number of carbonyl (C=O) groups excluding carboxylic acids is 1. The molecule has 6 rings (SSSR count). The van der Waals surface area contributed by atoms with Gasteiger partial charge in [0.2, 0.25) is 11.2 Å². The Morgan fingerprint density at radius 1 is 1.07 bits per heavy atom. The number of nitrogens with zero attached hydrogens (tertiary/aromatic N) is 1. The molecule has 5 aromatic rings. The number of aliphatic hydroxyl groups is 2. The number of H-pyrrole nitrogens is 1. The molecule has 0 radical (unpaired) electrons. The SMILES string of the molecule is COc1cc(CNC[C@H](O)c2ccc(O)c3[nH]c(=O)ccc23)c(Cl)c(OCCCN(C)C2CCC(OC(=O)C(O)(c3cccs3)c3cccs3)CC2)c1.F. The summed E-state index contributed by atoms with van der Waals surface area (Å²) in [6.45, 7) is 1.76. The van der Waals surface area contributed by atoms with Gasteiger partial charge in [0.15, 0.2) is 0 Å².